The molecule has 1 aromatic carbocycles. The molecule has 0 aliphatic heterocycles. The third-order valence-electron chi connectivity index (χ3n) is 3.31. The fourth-order valence-electron chi connectivity index (χ4n) is 2.00. The van der Waals surface area contributed by atoms with E-state index in [9.17, 15) is 0 Å². The van der Waals surface area contributed by atoms with Crippen LogP contribution in [0, 0.1) is 6.92 Å². The molecule has 1 heterocycles. The first-order valence-electron chi connectivity index (χ1n) is 7.41. The van der Waals surface area contributed by atoms with Crippen LogP contribution >= 0.6 is 0 Å². The van der Waals surface area contributed by atoms with E-state index in [-0.39, 0.29) is 0 Å². The van der Waals surface area contributed by atoms with Crippen LogP contribution in [0.5, 0.6) is 11.8 Å². The first kappa shape index (κ1) is 15.4. The maximum Gasteiger partial charge on any atom is 0.322 e. The molecule has 1 N–H and O–H groups in total. The first-order valence-corrected chi connectivity index (χ1v) is 7.41. The van der Waals surface area contributed by atoms with Crippen LogP contribution in [0.4, 0.5) is 0 Å². The molecule has 1 aromatic heterocycles. The Bertz CT molecular complexity index is 596. The van der Waals surface area contributed by atoms with Crippen molar-refractivity contribution in [1.82, 2.24) is 15.3 Å². The van der Waals surface area contributed by atoms with E-state index in [1.807, 2.05) is 31.3 Å². The Morgan fingerprint density at radius 1 is 1.19 bits per heavy atom. The molecule has 2 aromatic rings. The Morgan fingerprint density at radius 2 is 1.95 bits per heavy atom. The molecule has 0 bridgehead atoms. The molecular weight excluding hydrogens is 262 g/mol. The summed E-state index contributed by atoms with van der Waals surface area (Å²) in [5, 5.41) is 3.37. The van der Waals surface area contributed by atoms with Gasteiger partial charge in [-0.15, -0.1) is 0 Å². The summed E-state index contributed by atoms with van der Waals surface area (Å²) in [5.74, 6) is 0.826. The van der Waals surface area contributed by atoms with Crippen molar-refractivity contribution in [1.29, 1.82) is 0 Å². The molecule has 4 heteroatoms. The second-order valence-corrected chi connectivity index (χ2v) is 5.36. The van der Waals surface area contributed by atoms with Gasteiger partial charge in [0.1, 0.15) is 5.75 Å². The van der Waals surface area contributed by atoms with Crippen LogP contribution < -0.4 is 10.1 Å². The number of aromatic nitrogens is 2. The number of nitrogens with zero attached hydrogens (tertiary/aromatic N) is 2. The highest BCUT2D eigenvalue weighted by Gasteiger charge is 2.08. The van der Waals surface area contributed by atoms with Crippen molar-refractivity contribution >= 4 is 0 Å². The number of hydrogen-bond acceptors (Lipinski definition) is 4. The minimum atomic E-state index is 0.404. The van der Waals surface area contributed by atoms with Crippen molar-refractivity contribution in [2.24, 2.45) is 0 Å². The van der Waals surface area contributed by atoms with Crippen molar-refractivity contribution in [3.8, 4) is 11.8 Å². The van der Waals surface area contributed by atoms with Gasteiger partial charge in [-0.3, -0.25) is 0 Å². The quantitative estimate of drug-likeness (QED) is 0.880. The molecule has 0 amide bonds. The summed E-state index contributed by atoms with van der Waals surface area (Å²) in [5.41, 5.74) is 3.20. The Morgan fingerprint density at radius 3 is 2.62 bits per heavy atom. The predicted octanol–water partition coefficient (Wildman–Crippen LogP) is 3.64. The van der Waals surface area contributed by atoms with Crippen LogP contribution in [-0.4, -0.2) is 16.0 Å². The van der Waals surface area contributed by atoms with Gasteiger partial charge in [0, 0.05) is 30.0 Å². The lowest BCUT2D eigenvalue weighted by molar-refractivity contribution is 0.434. The number of aryl methyl sites for hydroxylation is 2. The van der Waals surface area contributed by atoms with Gasteiger partial charge in [-0.2, -0.15) is 4.98 Å². The largest absolute Gasteiger partial charge is 0.424 e. The van der Waals surface area contributed by atoms with E-state index in [1.54, 1.807) is 0 Å². The van der Waals surface area contributed by atoms with E-state index >= 15 is 0 Å². The molecule has 0 spiro atoms. The van der Waals surface area contributed by atoms with E-state index in [4.69, 9.17) is 4.74 Å². The van der Waals surface area contributed by atoms with Gasteiger partial charge in [0.05, 0.1) is 0 Å². The van der Waals surface area contributed by atoms with Gasteiger partial charge in [0.25, 0.3) is 0 Å². The number of benzene rings is 1. The molecule has 0 fully saturated rings. The molecule has 0 radical (unpaired) electrons. The van der Waals surface area contributed by atoms with Gasteiger partial charge in [-0.25, -0.2) is 4.98 Å². The summed E-state index contributed by atoms with van der Waals surface area (Å²) in [6.45, 7) is 9.10. The fraction of sp³-hybridized carbons (Fsp3) is 0.412. The van der Waals surface area contributed by atoms with Crippen molar-refractivity contribution in [3.05, 3.63) is 47.3 Å². The fourth-order valence-corrected chi connectivity index (χ4v) is 2.00. The van der Waals surface area contributed by atoms with Gasteiger partial charge < -0.3 is 10.1 Å². The van der Waals surface area contributed by atoms with E-state index < -0.39 is 0 Å². The molecule has 2 rings (SSSR count). The minimum Gasteiger partial charge on any atom is -0.424 e. The SMILES string of the molecule is CCc1ccccc1Oc1ncc(CNC(C)C)c(C)n1. The highest BCUT2D eigenvalue weighted by molar-refractivity contribution is 5.35. The lowest BCUT2D eigenvalue weighted by Crippen LogP contribution is -2.22. The van der Waals surface area contributed by atoms with Gasteiger partial charge >= 0.3 is 6.01 Å². The number of ether oxygens (including phenoxy) is 1. The second kappa shape index (κ2) is 7.18. The molecule has 0 atom stereocenters. The molecular formula is C17H23N3O. The second-order valence-electron chi connectivity index (χ2n) is 5.36. The molecule has 0 aliphatic carbocycles. The topological polar surface area (TPSA) is 47.0 Å². The average molecular weight is 285 g/mol. The highest BCUT2D eigenvalue weighted by atomic mass is 16.5. The molecule has 21 heavy (non-hydrogen) atoms. The summed E-state index contributed by atoms with van der Waals surface area (Å²) in [7, 11) is 0. The van der Waals surface area contributed by atoms with Gasteiger partial charge in [-0.05, 0) is 25.0 Å². The maximum atomic E-state index is 5.82. The molecule has 4 nitrogen and oxygen atoms in total. The van der Waals surface area contributed by atoms with E-state index in [0.29, 0.717) is 12.1 Å². The molecule has 0 saturated heterocycles. The lowest BCUT2D eigenvalue weighted by Gasteiger charge is -2.12. The van der Waals surface area contributed by atoms with Crippen molar-refractivity contribution < 1.29 is 4.74 Å². The van der Waals surface area contributed by atoms with E-state index in [2.05, 4.69) is 42.1 Å². The molecule has 0 aliphatic rings. The van der Waals surface area contributed by atoms with Crippen molar-refractivity contribution in [2.75, 3.05) is 0 Å². The summed E-state index contributed by atoms with van der Waals surface area (Å²) < 4.78 is 5.82. The summed E-state index contributed by atoms with van der Waals surface area (Å²) in [6, 6.07) is 8.83. The lowest BCUT2D eigenvalue weighted by atomic mass is 10.1. The Kier molecular flexibility index (Phi) is 5.28. The molecule has 0 saturated carbocycles. The minimum absolute atomic E-state index is 0.404. The Balaban J connectivity index is 2.13. The zero-order chi connectivity index (χ0) is 15.2. The third-order valence-corrected chi connectivity index (χ3v) is 3.31. The Hall–Kier alpha value is -1.94. The zero-order valence-electron chi connectivity index (χ0n) is 13.2. The number of nitrogens with one attached hydrogen (secondary N) is 1. The average Bonchev–Trinajstić information content (AvgIpc) is 2.47. The molecule has 0 unspecified atom stereocenters. The van der Waals surface area contributed by atoms with E-state index in [1.165, 1.54) is 0 Å². The standard InChI is InChI=1S/C17H23N3O/c1-5-14-8-6-7-9-16(14)21-17-19-11-15(13(4)20-17)10-18-12(2)3/h6-9,11-12,18H,5,10H2,1-4H3. The summed E-state index contributed by atoms with van der Waals surface area (Å²) in [6.07, 6.45) is 2.76. The van der Waals surface area contributed by atoms with Gasteiger partial charge in [-0.1, -0.05) is 39.0 Å². The van der Waals surface area contributed by atoms with Gasteiger partial charge in [0.15, 0.2) is 0 Å². The summed E-state index contributed by atoms with van der Waals surface area (Å²) >= 11 is 0. The van der Waals surface area contributed by atoms with Crippen LogP contribution in [0.1, 0.15) is 37.6 Å². The normalized spacial score (nSPS) is 10.9. The van der Waals surface area contributed by atoms with Crippen LogP contribution in [0.3, 0.4) is 0 Å². The van der Waals surface area contributed by atoms with Gasteiger partial charge in [0.2, 0.25) is 0 Å². The van der Waals surface area contributed by atoms with Crippen molar-refractivity contribution in [2.45, 2.75) is 46.7 Å². The molecule has 112 valence electrons. The van der Waals surface area contributed by atoms with Crippen LogP contribution in [0.15, 0.2) is 30.5 Å². The maximum absolute atomic E-state index is 5.82. The van der Waals surface area contributed by atoms with Crippen molar-refractivity contribution in [3.63, 3.8) is 0 Å². The van der Waals surface area contributed by atoms with Crippen LogP contribution in [-0.2, 0) is 13.0 Å². The van der Waals surface area contributed by atoms with E-state index in [0.717, 1.165) is 35.5 Å². The number of rotatable bonds is 6. The smallest absolute Gasteiger partial charge is 0.322 e. The zero-order valence-corrected chi connectivity index (χ0v) is 13.2. The monoisotopic (exact) mass is 285 g/mol. The predicted molar refractivity (Wildman–Crippen MR) is 84.6 cm³/mol. The summed E-state index contributed by atoms with van der Waals surface area (Å²) in [4.78, 5) is 8.76. The highest BCUT2D eigenvalue weighted by Crippen LogP contribution is 2.23. The van der Waals surface area contributed by atoms with Crippen LogP contribution in [0.25, 0.3) is 0 Å². The van der Waals surface area contributed by atoms with Crippen LogP contribution in [0.2, 0.25) is 0 Å². The number of para-hydroxylation sites is 1. The number of hydrogen-bond donors (Lipinski definition) is 1. The third kappa shape index (κ3) is 4.26. The Labute approximate surface area is 126 Å². The first-order chi connectivity index (χ1) is 10.1.